The Hall–Kier alpha value is -0.420. The Bertz CT molecular complexity index is 310. The summed E-state index contributed by atoms with van der Waals surface area (Å²) in [6.45, 7) is 4.12. The third-order valence-electron chi connectivity index (χ3n) is 4.63. The molecular weight excluding hydrogens is 270 g/mol. The normalized spacial score (nSPS) is 28.3. The number of halogens is 6. The third kappa shape index (κ3) is 2.47. The molecule has 0 radical (unpaired) electrons. The van der Waals surface area contributed by atoms with Gasteiger partial charge in [0.25, 0.3) is 0 Å². The highest BCUT2D eigenvalue weighted by Crippen LogP contribution is 2.79. The van der Waals surface area contributed by atoms with Crippen molar-refractivity contribution < 1.29 is 26.3 Å². The molecule has 2 atom stereocenters. The van der Waals surface area contributed by atoms with Gasteiger partial charge in [-0.2, -0.15) is 26.3 Å². The van der Waals surface area contributed by atoms with Gasteiger partial charge in [-0.3, -0.25) is 0 Å². The van der Waals surface area contributed by atoms with Gasteiger partial charge in [0.05, 0.1) is 11.3 Å². The number of rotatable bonds is 5. The number of alkyl halides is 6. The molecule has 6 heteroatoms. The summed E-state index contributed by atoms with van der Waals surface area (Å²) in [5, 5.41) is 0. The van der Waals surface area contributed by atoms with Gasteiger partial charge >= 0.3 is 12.4 Å². The molecule has 0 heterocycles. The molecule has 0 N–H and O–H groups in total. The summed E-state index contributed by atoms with van der Waals surface area (Å²) < 4.78 is 78.5. The van der Waals surface area contributed by atoms with Crippen LogP contribution in [0.15, 0.2) is 0 Å². The Morgan fingerprint density at radius 2 is 1.37 bits per heavy atom. The van der Waals surface area contributed by atoms with Gasteiger partial charge in [0.15, 0.2) is 0 Å². The summed E-state index contributed by atoms with van der Waals surface area (Å²) in [5.41, 5.74) is -3.80. The molecule has 0 aromatic rings. The molecule has 1 rings (SSSR count). The first-order valence-corrected chi connectivity index (χ1v) is 6.62. The van der Waals surface area contributed by atoms with Crippen molar-refractivity contribution in [2.24, 2.45) is 16.7 Å². The third-order valence-corrected chi connectivity index (χ3v) is 4.63. The SMILES string of the molecule is CCCC1(CCC)CC1(C(C)C(F)(F)F)C(F)(F)F. The van der Waals surface area contributed by atoms with E-state index in [4.69, 9.17) is 0 Å². The molecule has 0 aromatic heterocycles. The fraction of sp³-hybridized carbons (Fsp3) is 1.00. The Kier molecular flexibility index (Phi) is 4.24. The lowest BCUT2D eigenvalue weighted by Gasteiger charge is -2.34. The number of hydrogen-bond acceptors (Lipinski definition) is 0. The maximum Gasteiger partial charge on any atom is 0.395 e. The second-order valence-corrected chi connectivity index (χ2v) is 5.69. The minimum Gasteiger partial charge on any atom is -0.171 e. The molecule has 1 aliphatic rings. The fourth-order valence-corrected chi connectivity index (χ4v) is 3.73. The molecule has 1 saturated carbocycles. The molecule has 0 saturated heterocycles. The van der Waals surface area contributed by atoms with Crippen LogP contribution in [0.25, 0.3) is 0 Å². The second kappa shape index (κ2) is 4.85. The van der Waals surface area contributed by atoms with Crippen LogP contribution in [0.2, 0.25) is 0 Å². The van der Waals surface area contributed by atoms with Crippen LogP contribution in [0.5, 0.6) is 0 Å². The van der Waals surface area contributed by atoms with Gasteiger partial charge in [-0.1, -0.05) is 33.6 Å². The lowest BCUT2D eigenvalue weighted by molar-refractivity contribution is -0.272. The largest absolute Gasteiger partial charge is 0.395 e. The lowest BCUT2D eigenvalue weighted by Crippen LogP contribution is -2.43. The highest BCUT2D eigenvalue weighted by atomic mass is 19.4. The Morgan fingerprint density at radius 3 is 1.63 bits per heavy atom. The van der Waals surface area contributed by atoms with Crippen molar-refractivity contribution in [1.29, 1.82) is 0 Å². The minimum atomic E-state index is -4.81. The van der Waals surface area contributed by atoms with Crippen molar-refractivity contribution in [3.8, 4) is 0 Å². The van der Waals surface area contributed by atoms with Crippen molar-refractivity contribution in [2.45, 2.75) is 65.2 Å². The molecule has 0 spiro atoms. The smallest absolute Gasteiger partial charge is 0.171 e. The van der Waals surface area contributed by atoms with E-state index < -0.39 is 29.1 Å². The standard InChI is InChI=1S/C13H20F6/c1-4-6-10(7-5-2)8-11(10,13(17,18)19)9(3)12(14,15)16/h9H,4-8H2,1-3H3. The molecule has 2 unspecified atom stereocenters. The van der Waals surface area contributed by atoms with E-state index >= 15 is 0 Å². The summed E-state index contributed by atoms with van der Waals surface area (Å²) in [5.74, 6) is -2.34. The zero-order chi connectivity index (χ0) is 15.1. The first-order valence-electron chi connectivity index (χ1n) is 6.62. The number of hydrogen-bond donors (Lipinski definition) is 0. The van der Waals surface area contributed by atoms with Crippen molar-refractivity contribution in [2.75, 3.05) is 0 Å². The van der Waals surface area contributed by atoms with Crippen LogP contribution in [0.1, 0.15) is 52.9 Å². The van der Waals surface area contributed by atoms with E-state index in [1.165, 1.54) is 0 Å². The average molecular weight is 290 g/mol. The van der Waals surface area contributed by atoms with Gasteiger partial charge in [-0.25, -0.2) is 0 Å². The zero-order valence-corrected chi connectivity index (χ0v) is 11.4. The average Bonchev–Trinajstić information content (AvgIpc) is 2.86. The summed E-state index contributed by atoms with van der Waals surface area (Å²) in [7, 11) is 0. The van der Waals surface area contributed by atoms with Gasteiger partial charge in [0.2, 0.25) is 0 Å². The highest BCUT2D eigenvalue weighted by Gasteiger charge is 2.83. The van der Waals surface area contributed by atoms with Gasteiger partial charge < -0.3 is 0 Å². The summed E-state index contributed by atoms with van der Waals surface area (Å²) in [6.07, 6.45) is -8.62. The lowest BCUT2D eigenvalue weighted by atomic mass is 9.77. The minimum absolute atomic E-state index is 0.209. The monoisotopic (exact) mass is 290 g/mol. The molecular formula is C13H20F6. The van der Waals surface area contributed by atoms with E-state index in [2.05, 4.69) is 0 Å². The van der Waals surface area contributed by atoms with Crippen LogP contribution in [-0.4, -0.2) is 12.4 Å². The van der Waals surface area contributed by atoms with Crippen molar-refractivity contribution in [3.63, 3.8) is 0 Å². The summed E-state index contributed by atoms with van der Waals surface area (Å²) >= 11 is 0. The topological polar surface area (TPSA) is 0 Å². The molecule has 0 nitrogen and oxygen atoms in total. The van der Waals surface area contributed by atoms with E-state index in [1.54, 1.807) is 13.8 Å². The van der Waals surface area contributed by atoms with Crippen LogP contribution in [-0.2, 0) is 0 Å². The maximum atomic E-state index is 13.3. The van der Waals surface area contributed by atoms with Crippen molar-refractivity contribution in [1.82, 2.24) is 0 Å². The van der Waals surface area contributed by atoms with Crippen LogP contribution >= 0.6 is 0 Å². The maximum absolute atomic E-state index is 13.3. The molecule has 0 bridgehead atoms. The molecule has 114 valence electrons. The van der Waals surface area contributed by atoms with E-state index in [0.717, 1.165) is 0 Å². The molecule has 0 aliphatic heterocycles. The molecule has 0 amide bonds. The van der Waals surface area contributed by atoms with E-state index in [-0.39, 0.29) is 19.3 Å². The van der Waals surface area contributed by atoms with Crippen LogP contribution in [0.3, 0.4) is 0 Å². The van der Waals surface area contributed by atoms with Gasteiger partial charge in [-0.15, -0.1) is 0 Å². The van der Waals surface area contributed by atoms with Crippen LogP contribution in [0, 0.1) is 16.7 Å². The Labute approximate surface area is 109 Å². The summed E-state index contributed by atoms with van der Waals surface area (Å²) in [4.78, 5) is 0. The predicted octanol–water partition coefficient (Wildman–Crippen LogP) is 5.72. The fourth-order valence-electron chi connectivity index (χ4n) is 3.73. The van der Waals surface area contributed by atoms with Crippen LogP contribution in [0.4, 0.5) is 26.3 Å². The predicted molar refractivity (Wildman–Crippen MR) is 60.6 cm³/mol. The first kappa shape index (κ1) is 16.6. The van der Waals surface area contributed by atoms with Crippen molar-refractivity contribution in [3.05, 3.63) is 0 Å². The Balaban J connectivity index is 3.20. The zero-order valence-electron chi connectivity index (χ0n) is 11.4. The van der Waals surface area contributed by atoms with Gasteiger partial charge in [0.1, 0.15) is 0 Å². The first-order chi connectivity index (χ1) is 8.48. The highest BCUT2D eigenvalue weighted by molar-refractivity contribution is 5.20. The second-order valence-electron chi connectivity index (χ2n) is 5.69. The van der Waals surface area contributed by atoms with Crippen LogP contribution < -0.4 is 0 Å². The van der Waals surface area contributed by atoms with Gasteiger partial charge in [0, 0.05) is 0 Å². The van der Waals surface area contributed by atoms with Gasteiger partial charge in [-0.05, 0) is 24.7 Å². The van der Waals surface area contributed by atoms with Crippen molar-refractivity contribution >= 4 is 0 Å². The Morgan fingerprint density at radius 1 is 0.947 bits per heavy atom. The van der Waals surface area contributed by atoms with E-state index in [9.17, 15) is 26.3 Å². The molecule has 1 aliphatic carbocycles. The molecule has 1 fully saturated rings. The molecule has 0 aromatic carbocycles. The molecule has 19 heavy (non-hydrogen) atoms. The summed E-state index contributed by atoms with van der Waals surface area (Å²) in [6, 6.07) is 0. The quantitative estimate of drug-likeness (QED) is 0.568. The van der Waals surface area contributed by atoms with E-state index in [1.807, 2.05) is 0 Å². The van der Waals surface area contributed by atoms with E-state index in [0.29, 0.717) is 19.8 Å².